The van der Waals surface area contributed by atoms with Gasteiger partial charge < -0.3 is 15.0 Å². The number of fused-ring (bicyclic) bond motifs is 1. The number of benzene rings is 3. The van der Waals surface area contributed by atoms with Crippen LogP contribution in [0.15, 0.2) is 78.9 Å². The number of methoxy groups -OCH3 is 1. The summed E-state index contributed by atoms with van der Waals surface area (Å²) in [6, 6.07) is 25.2. The maximum atomic E-state index is 12.7. The number of hydrogen-bond donors (Lipinski definition) is 2. The number of imidazole rings is 1. The number of H-pyrrole nitrogens is 1. The van der Waals surface area contributed by atoms with Gasteiger partial charge in [-0.15, -0.1) is 0 Å². The highest BCUT2D eigenvalue weighted by molar-refractivity contribution is 5.78. The lowest BCUT2D eigenvalue weighted by Crippen LogP contribution is -2.30. The summed E-state index contributed by atoms with van der Waals surface area (Å²) in [6.45, 7) is 0. The summed E-state index contributed by atoms with van der Waals surface area (Å²) in [7, 11) is 1.64. The molecular weight excluding hydrogens is 362 g/mol. The topological polar surface area (TPSA) is 67.0 Å². The van der Waals surface area contributed by atoms with Crippen molar-refractivity contribution in [3.05, 3.63) is 95.8 Å². The lowest BCUT2D eigenvalue weighted by molar-refractivity contribution is -0.121. The van der Waals surface area contributed by atoms with Gasteiger partial charge >= 0.3 is 0 Å². The van der Waals surface area contributed by atoms with Gasteiger partial charge in [0.2, 0.25) is 5.91 Å². The van der Waals surface area contributed by atoms with Crippen LogP contribution in [0.5, 0.6) is 5.75 Å². The second-order valence-corrected chi connectivity index (χ2v) is 6.90. The number of rotatable bonds is 7. The van der Waals surface area contributed by atoms with E-state index in [1.165, 1.54) is 0 Å². The first-order valence-corrected chi connectivity index (χ1v) is 9.65. The zero-order valence-corrected chi connectivity index (χ0v) is 16.3. The van der Waals surface area contributed by atoms with Crippen molar-refractivity contribution >= 4 is 16.9 Å². The molecule has 5 heteroatoms. The molecule has 0 aliphatic heterocycles. The van der Waals surface area contributed by atoms with Gasteiger partial charge in [-0.1, -0.05) is 54.6 Å². The zero-order valence-electron chi connectivity index (χ0n) is 16.3. The van der Waals surface area contributed by atoms with Crippen LogP contribution in [0.3, 0.4) is 0 Å². The SMILES string of the molecule is COc1ccc(CCC(=O)N[C@H](c2ccccc2)c2nc3ccccc3[nH]2)cc1. The van der Waals surface area contributed by atoms with Crippen LogP contribution in [0.1, 0.15) is 29.4 Å². The molecule has 1 atom stereocenters. The zero-order chi connectivity index (χ0) is 20.1. The van der Waals surface area contributed by atoms with Crippen LogP contribution in [0, 0.1) is 0 Å². The van der Waals surface area contributed by atoms with Crippen molar-refractivity contribution < 1.29 is 9.53 Å². The Morgan fingerprint density at radius 3 is 2.45 bits per heavy atom. The first kappa shape index (κ1) is 18.7. The van der Waals surface area contributed by atoms with Crippen molar-refractivity contribution in [1.82, 2.24) is 15.3 Å². The average Bonchev–Trinajstić information content (AvgIpc) is 3.21. The van der Waals surface area contributed by atoms with Gasteiger partial charge in [-0.25, -0.2) is 4.98 Å². The highest BCUT2D eigenvalue weighted by atomic mass is 16.5. The minimum Gasteiger partial charge on any atom is -0.497 e. The Balaban J connectivity index is 1.51. The van der Waals surface area contributed by atoms with Gasteiger partial charge in [-0.05, 0) is 41.8 Å². The number of carbonyl (C=O) groups is 1. The number of amides is 1. The minimum absolute atomic E-state index is 0.0184. The predicted molar refractivity (Wildman–Crippen MR) is 114 cm³/mol. The van der Waals surface area contributed by atoms with Gasteiger partial charge in [0.1, 0.15) is 17.6 Å². The van der Waals surface area contributed by atoms with Crippen LogP contribution in [-0.4, -0.2) is 23.0 Å². The number of nitrogens with zero attached hydrogens (tertiary/aromatic N) is 1. The van der Waals surface area contributed by atoms with E-state index in [4.69, 9.17) is 9.72 Å². The molecule has 0 unspecified atom stereocenters. The summed E-state index contributed by atoms with van der Waals surface area (Å²) >= 11 is 0. The first-order valence-electron chi connectivity index (χ1n) is 9.65. The molecule has 3 aromatic carbocycles. The number of nitrogens with one attached hydrogen (secondary N) is 2. The second kappa shape index (κ2) is 8.61. The van der Waals surface area contributed by atoms with Gasteiger partial charge in [0.05, 0.1) is 18.1 Å². The molecule has 146 valence electrons. The molecule has 0 fully saturated rings. The molecular formula is C24H23N3O2. The number of carbonyl (C=O) groups excluding carboxylic acids is 1. The standard InChI is InChI=1S/C24H23N3O2/c1-29-19-14-11-17(12-15-19)13-16-22(28)27-23(18-7-3-2-4-8-18)24-25-20-9-5-6-10-21(20)26-24/h2-12,14-15,23H,13,16H2,1H3,(H,25,26)(H,27,28)/t23-/m1/s1. The molecule has 2 N–H and O–H groups in total. The Hall–Kier alpha value is -3.60. The van der Waals surface area contributed by atoms with Gasteiger partial charge in [0.25, 0.3) is 0 Å². The van der Waals surface area contributed by atoms with Crippen LogP contribution >= 0.6 is 0 Å². The number of aromatic amines is 1. The number of hydrogen-bond acceptors (Lipinski definition) is 3. The minimum atomic E-state index is -0.327. The van der Waals surface area contributed by atoms with Crippen LogP contribution in [0.4, 0.5) is 0 Å². The maximum Gasteiger partial charge on any atom is 0.221 e. The lowest BCUT2D eigenvalue weighted by atomic mass is 10.1. The first-order chi connectivity index (χ1) is 14.2. The quantitative estimate of drug-likeness (QED) is 0.495. The normalized spacial score (nSPS) is 11.9. The fourth-order valence-corrected chi connectivity index (χ4v) is 3.35. The van der Waals surface area contributed by atoms with E-state index < -0.39 is 0 Å². The van der Waals surface area contributed by atoms with Gasteiger partial charge in [0.15, 0.2) is 0 Å². The van der Waals surface area contributed by atoms with Crippen LogP contribution < -0.4 is 10.1 Å². The Labute approximate surface area is 169 Å². The third kappa shape index (κ3) is 4.46. The van der Waals surface area contributed by atoms with Crippen molar-refractivity contribution in [1.29, 1.82) is 0 Å². The summed E-state index contributed by atoms with van der Waals surface area (Å²) in [5, 5.41) is 3.15. The third-order valence-electron chi connectivity index (χ3n) is 4.92. The molecule has 0 bridgehead atoms. The van der Waals surface area contributed by atoms with E-state index in [2.05, 4.69) is 10.3 Å². The van der Waals surface area contributed by atoms with Gasteiger partial charge in [-0.3, -0.25) is 4.79 Å². The number of para-hydroxylation sites is 2. The predicted octanol–water partition coefficient (Wildman–Crippen LogP) is 4.41. The van der Waals surface area contributed by atoms with Crippen molar-refractivity contribution in [2.75, 3.05) is 7.11 Å². The van der Waals surface area contributed by atoms with E-state index in [0.717, 1.165) is 33.7 Å². The second-order valence-electron chi connectivity index (χ2n) is 6.90. The van der Waals surface area contributed by atoms with E-state index >= 15 is 0 Å². The largest absolute Gasteiger partial charge is 0.497 e. The molecule has 4 rings (SSSR count). The molecule has 0 saturated carbocycles. The molecule has 1 amide bonds. The van der Waals surface area contributed by atoms with Crippen molar-refractivity contribution in [2.24, 2.45) is 0 Å². The van der Waals surface area contributed by atoms with E-state index in [-0.39, 0.29) is 11.9 Å². The highest BCUT2D eigenvalue weighted by Crippen LogP contribution is 2.23. The average molecular weight is 385 g/mol. The van der Waals surface area contributed by atoms with E-state index in [9.17, 15) is 4.79 Å². The monoisotopic (exact) mass is 385 g/mol. The third-order valence-corrected chi connectivity index (χ3v) is 4.92. The molecule has 29 heavy (non-hydrogen) atoms. The van der Waals surface area contributed by atoms with Crippen molar-refractivity contribution in [2.45, 2.75) is 18.9 Å². The molecule has 5 nitrogen and oxygen atoms in total. The number of aryl methyl sites for hydroxylation is 1. The molecule has 0 radical (unpaired) electrons. The fourth-order valence-electron chi connectivity index (χ4n) is 3.35. The van der Waals surface area contributed by atoms with E-state index in [0.29, 0.717) is 12.8 Å². The summed E-state index contributed by atoms with van der Waals surface area (Å²) in [5.41, 5.74) is 3.93. The molecule has 0 spiro atoms. The van der Waals surface area contributed by atoms with Gasteiger partial charge in [0, 0.05) is 6.42 Å². The Morgan fingerprint density at radius 2 is 1.72 bits per heavy atom. The molecule has 0 saturated heterocycles. The molecule has 1 heterocycles. The number of ether oxygens (including phenoxy) is 1. The lowest BCUT2D eigenvalue weighted by Gasteiger charge is -2.17. The molecule has 1 aromatic heterocycles. The Morgan fingerprint density at radius 1 is 1.00 bits per heavy atom. The van der Waals surface area contributed by atoms with E-state index in [1.807, 2.05) is 78.9 Å². The molecule has 4 aromatic rings. The van der Waals surface area contributed by atoms with E-state index in [1.54, 1.807) is 7.11 Å². The fraction of sp³-hybridized carbons (Fsp3) is 0.167. The summed E-state index contributed by atoms with van der Waals surface area (Å²) in [4.78, 5) is 20.8. The molecule has 0 aliphatic rings. The smallest absolute Gasteiger partial charge is 0.221 e. The van der Waals surface area contributed by atoms with Crippen molar-refractivity contribution in [3.63, 3.8) is 0 Å². The molecule has 0 aliphatic carbocycles. The van der Waals surface area contributed by atoms with Crippen molar-refractivity contribution in [3.8, 4) is 5.75 Å². The highest BCUT2D eigenvalue weighted by Gasteiger charge is 2.20. The summed E-state index contributed by atoms with van der Waals surface area (Å²) < 4.78 is 5.18. The van der Waals surface area contributed by atoms with Crippen LogP contribution in [0.25, 0.3) is 11.0 Å². The van der Waals surface area contributed by atoms with Crippen LogP contribution in [0.2, 0.25) is 0 Å². The Kier molecular flexibility index (Phi) is 5.56. The summed E-state index contributed by atoms with van der Waals surface area (Å²) in [6.07, 6.45) is 1.06. The van der Waals surface area contributed by atoms with Gasteiger partial charge in [-0.2, -0.15) is 0 Å². The number of aromatic nitrogens is 2. The summed E-state index contributed by atoms with van der Waals surface area (Å²) in [5.74, 6) is 1.53. The Bertz CT molecular complexity index is 1060. The van der Waals surface area contributed by atoms with Crippen LogP contribution in [-0.2, 0) is 11.2 Å². The maximum absolute atomic E-state index is 12.7.